The molecule has 6 N–H and O–H groups in total. The van der Waals surface area contributed by atoms with Crippen LogP contribution in [0.3, 0.4) is 0 Å². The number of H-pyrrole nitrogens is 1. The van der Waals surface area contributed by atoms with E-state index in [2.05, 4.69) is 15.6 Å². The number of fused-ring (bicyclic) bond motifs is 1. The van der Waals surface area contributed by atoms with Gasteiger partial charge in [0.1, 0.15) is 17.6 Å². The fourth-order valence-corrected chi connectivity index (χ4v) is 11.8. The molecule has 14 nitrogen and oxygen atoms in total. The van der Waals surface area contributed by atoms with Crippen LogP contribution in [0.15, 0.2) is 60.8 Å². The summed E-state index contributed by atoms with van der Waals surface area (Å²) in [4.78, 5) is 36.1. The largest absolute Gasteiger partial charge is 0.389 e. The van der Waals surface area contributed by atoms with Crippen LogP contribution in [0.1, 0.15) is 79.7 Å². The molecule has 6 rings (SSSR count). The lowest BCUT2D eigenvalue weighted by Crippen LogP contribution is -2.59. The summed E-state index contributed by atoms with van der Waals surface area (Å²) in [5.41, 5.74) is -0.627. The van der Waals surface area contributed by atoms with E-state index >= 15 is 0 Å². The standard InChI is InChI=1S/C49H72ClN5O9S/c1-28-24-48(6,60)44(65-46-41(56)39(54(8)9)23-29(2)62-46)30(3)42(64-40-25-49(7,61-10)43(57)32(5)63-40)31(4)45(58)52-36(18-15-33-26-51-38-14-12-11-13-37(33)38)21-22-55(27-28)47(59)53-35-19-16-34(50)17-20-35/h11-20,26,28-32,36,39-44,46,51,56-57,60H,21-25,27H2,1-10H3,(H,52,58)(H,53,59)/b18-15+/t28-,29?,30+,31?,32?,36?,39+,40+,41-,42?,43+,44-,46?,48?,49?/m1/s1. The molecule has 8 unspecified atom stereocenters. The number of likely N-dealkylation sites (N-methyl/N-ethyl adjacent to an activating group) is 1. The molecule has 0 radical (unpaired) electrons. The van der Waals surface area contributed by atoms with Gasteiger partial charge in [0.05, 0.1) is 35.4 Å². The third kappa shape index (κ3) is 12.5. The number of urea groups is 1. The number of para-hydroxylation sites is 1. The van der Waals surface area contributed by atoms with Crippen molar-refractivity contribution < 1.29 is 43.9 Å². The first-order valence-electron chi connectivity index (χ1n) is 23.0. The Labute approximate surface area is 394 Å². The van der Waals surface area contributed by atoms with Gasteiger partial charge in [0, 0.05) is 71.8 Å². The number of anilines is 1. The maximum absolute atomic E-state index is 14.9. The lowest BCUT2D eigenvalue weighted by atomic mass is 9.79. The second-order valence-corrected chi connectivity index (χ2v) is 21.1. The summed E-state index contributed by atoms with van der Waals surface area (Å²) in [5.74, 6) is -1.87. The van der Waals surface area contributed by atoms with Crippen LogP contribution >= 0.6 is 23.4 Å². The Kier molecular flexibility index (Phi) is 17.2. The maximum Gasteiger partial charge on any atom is 0.321 e. The van der Waals surface area contributed by atoms with Crippen LogP contribution < -0.4 is 10.6 Å². The minimum absolute atomic E-state index is 0.171. The molecule has 3 amide bonds. The Hall–Kier alpha value is -3.22. The molecule has 360 valence electrons. The first kappa shape index (κ1) is 51.2. The number of rotatable bonds is 9. The molecule has 0 bridgehead atoms. The van der Waals surface area contributed by atoms with Gasteiger partial charge < -0.3 is 59.7 Å². The van der Waals surface area contributed by atoms with Crippen LogP contribution in [0.2, 0.25) is 5.02 Å². The van der Waals surface area contributed by atoms with E-state index in [0.29, 0.717) is 30.1 Å². The summed E-state index contributed by atoms with van der Waals surface area (Å²) in [6.45, 7) is 13.7. The molecular formula is C49H72ClN5O9S. The molecule has 16 heteroatoms. The van der Waals surface area contributed by atoms with Crippen molar-refractivity contribution in [3.8, 4) is 0 Å². The smallest absolute Gasteiger partial charge is 0.321 e. The number of nitrogens with zero attached hydrogens (tertiary/aromatic N) is 2. The van der Waals surface area contributed by atoms with E-state index in [-0.39, 0.29) is 49.4 Å². The van der Waals surface area contributed by atoms with Crippen LogP contribution in [-0.2, 0) is 23.7 Å². The summed E-state index contributed by atoms with van der Waals surface area (Å²) >= 11 is 7.53. The van der Waals surface area contributed by atoms with Gasteiger partial charge in [0.15, 0.2) is 6.29 Å². The second-order valence-electron chi connectivity index (χ2n) is 19.4. The number of aliphatic hydroxyl groups is 3. The molecule has 3 saturated heterocycles. The van der Waals surface area contributed by atoms with Crippen molar-refractivity contribution in [2.45, 2.75) is 145 Å². The number of ether oxygens (including phenoxy) is 4. The number of aliphatic hydroxyl groups excluding tert-OH is 2. The number of methoxy groups -OCH3 is 1. The number of hydrogen-bond donors (Lipinski definition) is 6. The number of carbonyl (C=O) groups excluding carboxylic acids is 2. The first-order valence-corrected chi connectivity index (χ1v) is 24.3. The van der Waals surface area contributed by atoms with E-state index in [1.807, 2.05) is 96.2 Å². The lowest BCUT2D eigenvalue weighted by molar-refractivity contribution is -0.295. The Balaban J connectivity index is 1.41. The number of nitrogens with one attached hydrogen (secondary N) is 3. The molecule has 65 heavy (non-hydrogen) atoms. The maximum atomic E-state index is 14.9. The van der Waals surface area contributed by atoms with Crippen LogP contribution in [0.25, 0.3) is 17.0 Å². The van der Waals surface area contributed by atoms with Crippen molar-refractivity contribution >= 4 is 58.0 Å². The van der Waals surface area contributed by atoms with Crippen LogP contribution in [-0.4, -0.2) is 147 Å². The average molecular weight is 943 g/mol. The zero-order valence-corrected chi connectivity index (χ0v) is 41.1. The van der Waals surface area contributed by atoms with Gasteiger partial charge >= 0.3 is 6.03 Å². The van der Waals surface area contributed by atoms with Crippen molar-refractivity contribution in [1.29, 1.82) is 0 Å². The number of benzene rings is 2. The minimum atomic E-state index is -1.44. The van der Waals surface area contributed by atoms with E-state index in [1.54, 1.807) is 50.1 Å². The number of carbonyl (C=O) groups is 2. The Morgan fingerprint density at radius 3 is 2.45 bits per heavy atom. The summed E-state index contributed by atoms with van der Waals surface area (Å²) in [7, 11) is 5.42. The van der Waals surface area contributed by atoms with Crippen LogP contribution in [0.5, 0.6) is 0 Å². The van der Waals surface area contributed by atoms with Crippen molar-refractivity contribution in [2.24, 2.45) is 17.8 Å². The summed E-state index contributed by atoms with van der Waals surface area (Å²) in [5, 5.41) is 43.1. The fourth-order valence-electron chi connectivity index (χ4n) is 9.98. The predicted octanol–water partition coefficient (Wildman–Crippen LogP) is 7.12. The zero-order valence-electron chi connectivity index (χ0n) is 39.6. The Morgan fingerprint density at radius 1 is 1.05 bits per heavy atom. The number of aromatic nitrogens is 1. The highest BCUT2D eigenvalue weighted by Gasteiger charge is 2.51. The van der Waals surface area contributed by atoms with Crippen molar-refractivity contribution in [2.75, 3.05) is 39.6 Å². The predicted molar refractivity (Wildman–Crippen MR) is 258 cm³/mol. The monoisotopic (exact) mass is 941 g/mol. The Bertz CT molecular complexity index is 2070. The minimum Gasteiger partial charge on any atom is -0.389 e. The summed E-state index contributed by atoms with van der Waals surface area (Å²) in [6.07, 6.45) is 3.03. The van der Waals surface area contributed by atoms with Crippen molar-refractivity contribution in [1.82, 2.24) is 20.1 Å². The van der Waals surface area contributed by atoms with E-state index < -0.39 is 70.5 Å². The van der Waals surface area contributed by atoms with Crippen molar-refractivity contribution in [3.63, 3.8) is 0 Å². The van der Waals surface area contributed by atoms with Gasteiger partial charge in [-0.05, 0) is 109 Å². The summed E-state index contributed by atoms with van der Waals surface area (Å²) < 4.78 is 25.6. The molecular weight excluding hydrogens is 870 g/mol. The van der Waals surface area contributed by atoms with Crippen LogP contribution in [0.4, 0.5) is 10.5 Å². The van der Waals surface area contributed by atoms with E-state index in [0.717, 1.165) is 16.5 Å². The number of halogens is 1. The first-order chi connectivity index (χ1) is 30.7. The van der Waals surface area contributed by atoms with Gasteiger partial charge in [-0.1, -0.05) is 62.7 Å². The highest BCUT2D eigenvalue weighted by molar-refractivity contribution is 8.00. The van der Waals surface area contributed by atoms with E-state index in [4.69, 9.17) is 30.5 Å². The lowest BCUT2D eigenvalue weighted by Gasteiger charge is -2.49. The van der Waals surface area contributed by atoms with Gasteiger partial charge in [-0.15, -0.1) is 11.8 Å². The third-order valence-electron chi connectivity index (χ3n) is 13.7. The van der Waals surface area contributed by atoms with Gasteiger partial charge in [-0.2, -0.15) is 0 Å². The van der Waals surface area contributed by atoms with E-state index in [9.17, 15) is 24.9 Å². The SMILES string of the molecule is COC1(C)C[C@H](OC2C(C)C(=O)NC(/C=C/c3c[nH]c4ccccc34)CCN(C(=O)Nc3ccc(Cl)cc3)C[C@H](C)CC(C)(O)[C@H](SC3OC(C)C[C@H](N(C)C)[C@H]3O)[C@H]2C)OC(C)[C@@H]1O. The normalized spacial score (nSPS) is 37.0. The second kappa shape index (κ2) is 21.8. The van der Waals surface area contributed by atoms with Crippen LogP contribution in [0, 0.1) is 17.8 Å². The fraction of sp³-hybridized carbons (Fsp3) is 0.633. The molecule has 3 fully saturated rings. The molecule has 0 aliphatic carbocycles. The van der Waals surface area contributed by atoms with Gasteiger partial charge in [-0.3, -0.25) is 4.79 Å². The average Bonchev–Trinajstić information content (AvgIpc) is 3.67. The third-order valence-corrected chi connectivity index (χ3v) is 15.8. The van der Waals surface area contributed by atoms with Gasteiger partial charge in [-0.25, -0.2) is 4.79 Å². The highest BCUT2D eigenvalue weighted by atomic mass is 35.5. The van der Waals surface area contributed by atoms with E-state index in [1.165, 1.54) is 11.8 Å². The zero-order chi connectivity index (χ0) is 47.4. The van der Waals surface area contributed by atoms with Gasteiger partial charge in [0.25, 0.3) is 0 Å². The molecule has 3 aliphatic rings. The molecule has 3 aromatic rings. The molecule has 1 aromatic heterocycles. The molecule has 15 atom stereocenters. The van der Waals surface area contributed by atoms with Crippen molar-refractivity contribution in [3.05, 3.63) is 71.4 Å². The molecule has 2 aromatic carbocycles. The number of hydrogen-bond acceptors (Lipinski definition) is 11. The number of amides is 3. The topological polar surface area (TPSA) is 178 Å². The molecule has 0 spiro atoms. The van der Waals surface area contributed by atoms with Gasteiger partial charge in [0.2, 0.25) is 5.91 Å². The highest BCUT2D eigenvalue weighted by Crippen LogP contribution is 2.45. The number of thioether (sulfide) groups is 1. The molecule has 4 heterocycles. The Morgan fingerprint density at radius 2 is 1.75 bits per heavy atom. The number of aromatic amines is 1. The summed E-state index contributed by atoms with van der Waals surface area (Å²) in [6, 6.07) is 13.9. The quantitative estimate of drug-likeness (QED) is 0.129. The molecule has 0 saturated carbocycles. The molecule has 3 aliphatic heterocycles.